The Balaban J connectivity index is 2.10. The van der Waals surface area contributed by atoms with Crippen LogP contribution in [0.4, 0.5) is 0 Å². The molecule has 0 bridgehead atoms. The van der Waals surface area contributed by atoms with E-state index in [0.717, 1.165) is 27.6 Å². The van der Waals surface area contributed by atoms with Crippen LogP contribution in [0.15, 0.2) is 89.7 Å². The monoisotopic (exact) mass is 349 g/mol. The fraction of sp³-hybridized carbons (Fsp3) is 0.0952. The van der Waals surface area contributed by atoms with E-state index in [2.05, 4.69) is 0 Å². The summed E-state index contributed by atoms with van der Waals surface area (Å²) in [6, 6.07) is 26.5. The van der Waals surface area contributed by atoms with Crippen molar-refractivity contribution < 1.29 is 9.30 Å². The molecule has 0 saturated heterocycles. The van der Waals surface area contributed by atoms with Gasteiger partial charge in [0, 0.05) is 16.3 Å². The van der Waals surface area contributed by atoms with Gasteiger partial charge < -0.3 is 4.74 Å². The van der Waals surface area contributed by atoms with Crippen molar-refractivity contribution >= 4 is 23.6 Å². The van der Waals surface area contributed by atoms with Crippen molar-refractivity contribution in [1.82, 2.24) is 0 Å². The molecule has 3 aromatic carbocycles. The number of benzene rings is 3. The summed E-state index contributed by atoms with van der Waals surface area (Å²) in [6.45, 7) is 1.89. The molecule has 0 aliphatic rings. The molecule has 0 N–H and O–H groups in total. The van der Waals surface area contributed by atoms with Crippen LogP contribution < -0.4 is 15.3 Å². The van der Waals surface area contributed by atoms with Crippen molar-refractivity contribution in [2.75, 3.05) is 7.11 Å². The molecule has 0 amide bonds. The van der Waals surface area contributed by atoms with Gasteiger partial charge in [0.25, 0.3) is 0 Å². The highest BCUT2D eigenvalue weighted by Crippen LogP contribution is 2.45. The third kappa shape index (κ3) is 3.72. The maximum Gasteiger partial charge on any atom is 0.247 e. The first kappa shape index (κ1) is 17.2. The van der Waals surface area contributed by atoms with E-state index in [4.69, 9.17) is 9.50 Å². The average Bonchev–Trinajstić information content (AvgIpc) is 2.69. The van der Waals surface area contributed by atoms with Gasteiger partial charge in [-0.1, -0.05) is 36.4 Å². The first-order valence-electron chi connectivity index (χ1n) is 8.06. The average molecular weight is 349 g/mol. The van der Waals surface area contributed by atoms with Crippen LogP contribution in [-0.2, 0) is 4.57 Å². The van der Waals surface area contributed by atoms with Gasteiger partial charge in [0.05, 0.1) is 7.11 Å². The van der Waals surface area contributed by atoms with Crippen molar-refractivity contribution in [3.05, 3.63) is 90.5 Å². The molecule has 25 heavy (non-hydrogen) atoms. The van der Waals surface area contributed by atoms with E-state index in [-0.39, 0.29) is 0 Å². The van der Waals surface area contributed by atoms with Crippen molar-refractivity contribution in [3.8, 4) is 5.75 Å². The topological polar surface area (TPSA) is 38.7 Å². The van der Waals surface area contributed by atoms with Gasteiger partial charge in [0.2, 0.25) is 7.29 Å². The van der Waals surface area contributed by atoms with Crippen LogP contribution in [0, 0.1) is 0 Å². The Hall–Kier alpha value is -2.64. The minimum absolute atomic E-state index is 0.731. The number of rotatable bonds is 5. The molecule has 126 valence electrons. The molecule has 0 radical (unpaired) electrons. The lowest BCUT2D eigenvalue weighted by molar-refractivity contribution is 0.415. The van der Waals surface area contributed by atoms with Crippen LogP contribution in [-0.4, -0.2) is 12.8 Å². The van der Waals surface area contributed by atoms with E-state index >= 15 is 0 Å². The fourth-order valence-electron chi connectivity index (χ4n) is 2.63. The molecule has 0 aromatic heterocycles. The predicted octanol–water partition coefficient (Wildman–Crippen LogP) is 4.43. The standard InChI is InChI=1S/C21H20NO2P/c1-17(18-13-15-19(24-2)16-14-18)22-25(23,20-9-5-3-6-10-20)21-11-7-4-8-12-21/h3-16H,1-2H3/b22-17+. The van der Waals surface area contributed by atoms with E-state index < -0.39 is 7.29 Å². The fourth-order valence-corrected chi connectivity index (χ4v) is 4.85. The smallest absolute Gasteiger partial charge is 0.247 e. The second-order valence-electron chi connectivity index (χ2n) is 5.66. The van der Waals surface area contributed by atoms with Crippen molar-refractivity contribution in [1.29, 1.82) is 0 Å². The number of nitrogens with zero attached hydrogens (tertiary/aromatic N) is 1. The summed E-state index contributed by atoms with van der Waals surface area (Å²) < 4.78 is 23.8. The van der Waals surface area contributed by atoms with Gasteiger partial charge in [0.1, 0.15) is 5.75 Å². The van der Waals surface area contributed by atoms with E-state index in [1.807, 2.05) is 91.9 Å². The lowest BCUT2D eigenvalue weighted by Crippen LogP contribution is -2.15. The highest BCUT2D eigenvalue weighted by Gasteiger charge is 2.26. The molecule has 4 heteroatoms. The lowest BCUT2D eigenvalue weighted by Gasteiger charge is -2.16. The maximum atomic E-state index is 13.9. The van der Waals surface area contributed by atoms with Gasteiger partial charge in [-0.3, -0.25) is 4.57 Å². The quantitative estimate of drug-likeness (QED) is 0.505. The van der Waals surface area contributed by atoms with Crippen LogP contribution in [0.1, 0.15) is 12.5 Å². The number of hydrogen-bond acceptors (Lipinski definition) is 2. The molecular formula is C21H20NO2P. The van der Waals surface area contributed by atoms with Gasteiger partial charge in [-0.15, -0.1) is 0 Å². The summed E-state index contributed by atoms with van der Waals surface area (Å²) in [6.07, 6.45) is 0. The zero-order chi connectivity index (χ0) is 17.7. The Labute approximate surface area is 148 Å². The van der Waals surface area contributed by atoms with E-state index in [1.165, 1.54) is 0 Å². The third-order valence-electron chi connectivity index (χ3n) is 4.01. The SMILES string of the molecule is COc1ccc(/C(C)=N/P(=O)(c2ccccc2)c2ccccc2)cc1. The zero-order valence-corrected chi connectivity index (χ0v) is 15.2. The number of methoxy groups -OCH3 is 1. The third-order valence-corrected chi connectivity index (χ3v) is 6.59. The maximum absolute atomic E-state index is 13.9. The second kappa shape index (κ2) is 7.50. The van der Waals surface area contributed by atoms with Crippen molar-refractivity contribution in [3.63, 3.8) is 0 Å². The number of hydrogen-bond donors (Lipinski definition) is 0. The van der Waals surface area contributed by atoms with Gasteiger partial charge >= 0.3 is 0 Å². The van der Waals surface area contributed by atoms with Crippen LogP contribution >= 0.6 is 7.29 Å². The van der Waals surface area contributed by atoms with Crippen LogP contribution in [0.3, 0.4) is 0 Å². The van der Waals surface area contributed by atoms with Gasteiger partial charge in [0.15, 0.2) is 0 Å². The summed E-state index contributed by atoms with van der Waals surface area (Å²) in [5.74, 6) is 0.783. The van der Waals surface area contributed by atoms with Crippen LogP contribution in [0.5, 0.6) is 5.75 Å². The van der Waals surface area contributed by atoms with Crippen molar-refractivity contribution in [2.45, 2.75) is 6.92 Å². The summed E-state index contributed by atoms with van der Waals surface area (Å²) in [7, 11) is -1.47. The molecule has 0 saturated carbocycles. The molecule has 0 atom stereocenters. The minimum Gasteiger partial charge on any atom is -0.497 e. The molecule has 0 heterocycles. The molecule has 0 aliphatic carbocycles. The molecule has 0 fully saturated rings. The largest absolute Gasteiger partial charge is 0.497 e. The van der Waals surface area contributed by atoms with E-state index in [0.29, 0.717) is 0 Å². The Morgan fingerprint density at radius 3 is 1.72 bits per heavy atom. The molecule has 0 spiro atoms. The van der Waals surface area contributed by atoms with Crippen LogP contribution in [0.25, 0.3) is 0 Å². The molecule has 3 nitrogen and oxygen atoms in total. The summed E-state index contributed by atoms with van der Waals surface area (Å²) >= 11 is 0. The minimum atomic E-state index is -3.11. The van der Waals surface area contributed by atoms with Crippen molar-refractivity contribution in [2.24, 2.45) is 4.76 Å². The molecule has 3 rings (SSSR count). The molecular weight excluding hydrogens is 329 g/mol. The van der Waals surface area contributed by atoms with Gasteiger partial charge in [-0.25, -0.2) is 4.76 Å². The second-order valence-corrected chi connectivity index (χ2v) is 8.05. The number of ether oxygens (including phenoxy) is 1. The Morgan fingerprint density at radius 2 is 1.28 bits per heavy atom. The normalized spacial score (nSPS) is 12.0. The summed E-state index contributed by atoms with van der Waals surface area (Å²) in [4.78, 5) is 0. The summed E-state index contributed by atoms with van der Waals surface area (Å²) in [5, 5.41) is 1.46. The Morgan fingerprint density at radius 1 is 0.800 bits per heavy atom. The van der Waals surface area contributed by atoms with E-state index in [9.17, 15) is 4.57 Å². The first-order chi connectivity index (χ1) is 12.1. The Kier molecular flexibility index (Phi) is 5.16. The lowest BCUT2D eigenvalue weighted by atomic mass is 10.1. The molecule has 3 aromatic rings. The van der Waals surface area contributed by atoms with Gasteiger partial charge in [-0.05, 0) is 61.0 Å². The first-order valence-corrected chi connectivity index (χ1v) is 9.72. The van der Waals surface area contributed by atoms with Crippen LogP contribution in [0.2, 0.25) is 0 Å². The summed E-state index contributed by atoms with van der Waals surface area (Å²) in [5.41, 5.74) is 1.66. The predicted molar refractivity (Wildman–Crippen MR) is 105 cm³/mol. The van der Waals surface area contributed by atoms with E-state index in [1.54, 1.807) is 7.11 Å². The Bertz CT molecular complexity index is 860. The highest BCUT2D eigenvalue weighted by atomic mass is 31.2. The molecule has 0 aliphatic heterocycles. The zero-order valence-electron chi connectivity index (χ0n) is 14.3. The highest BCUT2D eigenvalue weighted by molar-refractivity contribution is 7.77. The molecule has 0 unspecified atom stereocenters. The van der Waals surface area contributed by atoms with Gasteiger partial charge in [-0.2, -0.15) is 0 Å².